The van der Waals surface area contributed by atoms with Gasteiger partial charge in [0.25, 0.3) is 5.69 Å². The number of ketones is 1. The lowest BCUT2D eigenvalue weighted by atomic mass is 10.2. The molecule has 0 amide bonds. The van der Waals surface area contributed by atoms with Crippen molar-refractivity contribution in [1.82, 2.24) is 4.98 Å². The van der Waals surface area contributed by atoms with Crippen LogP contribution in [0.15, 0.2) is 29.4 Å². The fourth-order valence-electron chi connectivity index (χ4n) is 1.69. The van der Waals surface area contributed by atoms with E-state index in [-0.39, 0.29) is 11.5 Å². The second kappa shape index (κ2) is 6.23. The second-order valence-corrected chi connectivity index (χ2v) is 5.17. The average molecular weight is 304 g/mol. The highest BCUT2D eigenvalue weighted by Crippen LogP contribution is 2.23. The van der Waals surface area contributed by atoms with Crippen molar-refractivity contribution in [3.8, 4) is 0 Å². The molecule has 1 heterocycles. The number of nitrogens with zero attached hydrogens (tertiary/aromatic N) is 3. The molecule has 0 spiro atoms. The first kappa shape index (κ1) is 14.8. The van der Waals surface area contributed by atoms with Crippen LogP contribution in [0.2, 0.25) is 0 Å². The van der Waals surface area contributed by atoms with Gasteiger partial charge in [-0.3, -0.25) is 20.3 Å². The molecule has 0 saturated carbocycles. The van der Waals surface area contributed by atoms with E-state index < -0.39 is 4.92 Å². The summed E-state index contributed by atoms with van der Waals surface area (Å²) < 4.78 is 0. The van der Waals surface area contributed by atoms with Crippen LogP contribution in [-0.2, 0) is 0 Å². The van der Waals surface area contributed by atoms with Crippen molar-refractivity contribution in [2.75, 3.05) is 5.43 Å². The number of Topliss-reactive ketones (excluding diaryl/α,β-unsaturated/α-hetero) is 1. The zero-order chi connectivity index (χ0) is 15.4. The highest BCUT2D eigenvalue weighted by Gasteiger charge is 2.12. The van der Waals surface area contributed by atoms with Crippen molar-refractivity contribution in [3.63, 3.8) is 0 Å². The van der Waals surface area contributed by atoms with Crippen LogP contribution in [0, 0.1) is 17.0 Å². The molecule has 108 valence electrons. The maximum Gasteiger partial charge on any atom is 0.278 e. The van der Waals surface area contributed by atoms with Gasteiger partial charge in [-0.15, -0.1) is 0 Å². The van der Waals surface area contributed by atoms with E-state index in [0.717, 1.165) is 0 Å². The van der Waals surface area contributed by atoms with Gasteiger partial charge in [-0.2, -0.15) is 5.10 Å². The molecule has 0 fully saturated rings. The highest BCUT2D eigenvalue weighted by molar-refractivity contribution is 7.17. The zero-order valence-electron chi connectivity index (χ0n) is 11.4. The number of nitrogens with one attached hydrogen (secondary N) is 1. The number of hydrogen-bond acceptors (Lipinski definition) is 7. The maximum atomic E-state index is 11.3. The summed E-state index contributed by atoms with van der Waals surface area (Å²) in [6.45, 7) is 3.21. The molecule has 2 rings (SSSR count). The molecule has 0 aliphatic heterocycles. The molecule has 0 radical (unpaired) electrons. The van der Waals surface area contributed by atoms with Gasteiger partial charge in [0, 0.05) is 13.0 Å². The van der Waals surface area contributed by atoms with Crippen LogP contribution in [0.3, 0.4) is 0 Å². The van der Waals surface area contributed by atoms with Crippen LogP contribution in [0.25, 0.3) is 0 Å². The summed E-state index contributed by atoms with van der Waals surface area (Å²) in [7, 11) is 0. The van der Waals surface area contributed by atoms with E-state index in [1.54, 1.807) is 25.1 Å². The van der Waals surface area contributed by atoms with Gasteiger partial charge in [-0.05, 0) is 13.0 Å². The summed E-state index contributed by atoms with van der Waals surface area (Å²) in [6.07, 6.45) is 1.35. The average Bonchev–Trinajstić information content (AvgIpc) is 2.80. The third-order valence-corrected chi connectivity index (χ3v) is 3.78. The number of rotatable bonds is 5. The van der Waals surface area contributed by atoms with E-state index in [2.05, 4.69) is 15.5 Å². The number of para-hydroxylation sites is 1. The van der Waals surface area contributed by atoms with Gasteiger partial charge in [0.2, 0.25) is 5.13 Å². The highest BCUT2D eigenvalue weighted by atomic mass is 32.1. The van der Waals surface area contributed by atoms with Crippen molar-refractivity contribution in [2.45, 2.75) is 13.8 Å². The normalized spacial score (nSPS) is 10.8. The van der Waals surface area contributed by atoms with E-state index in [0.29, 0.717) is 21.3 Å². The quantitative estimate of drug-likeness (QED) is 0.396. The molecule has 0 unspecified atom stereocenters. The lowest BCUT2D eigenvalue weighted by molar-refractivity contribution is -0.385. The van der Waals surface area contributed by atoms with E-state index in [4.69, 9.17) is 0 Å². The van der Waals surface area contributed by atoms with Gasteiger partial charge in [0.15, 0.2) is 5.78 Å². The minimum Gasteiger partial charge on any atom is -0.294 e. The number of thiazole rings is 1. The van der Waals surface area contributed by atoms with Crippen molar-refractivity contribution >= 4 is 34.2 Å². The molecule has 7 nitrogen and oxygen atoms in total. The number of aryl methyl sites for hydroxylation is 1. The number of carbonyl (C=O) groups is 1. The third kappa shape index (κ3) is 3.48. The molecule has 0 atom stereocenters. The van der Waals surface area contributed by atoms with Gasteiger partial charge in [0.05, 0.1) is 27.3 Å². The van der Waals surface area contributed by atoms with Crippen LogP contribution in [-0.4, -0.2) is 21.9 Å². The summed E-state index contributed by atoms with van der Waals surface area (Å²) in [5.74, 6) is -0.0549. The Balaban J connectivity index is 2.15. The smallest absolute Gasteiger partial charge is 0.278 e. The van der Waals surface area contributed by atoms with Crippen LogP contribution in [0.1, 0.15) is 27.9 Å². The lowest BCUT2D eigenvalue weighted by Gasteiger charge is -1.96. The Morgan fingerprint density at radius 2 is 2.19 bits per heavy atom. The van der Waals surface area contributed by atoms with Crippen molar-refractivity contribution < 1.29 is 9.72 Å². The molecular weight excluding hydrogens is 292 g/mol. The first-order valence-corrected chi connectivity index (χ1v) is 6.81. The number of hydrogen-bond donors (Lipinski definition) is 1. The van der Waals surface area contributed by atoms with Gasteiger partial charge < -0.3 is 0 Å². The maximum absolute atomic E-state index is 11.3. The molecule has 2 aromatic rings. The number of nitro benzene ring substituents is 1. The summed E-state index contributed by atoms with van der Waals surface area (Å²) in [5.41, 5.74) is 3.67. The number of nitro groups is 1. The summed E-state index contributed by atoms with van der Waals surface area (Å²) in [6, 6.07) is 6.28. The Morgan fingerprint density at radius 3 is 2.81 bits per heavy atom. The Kier molecular flexibility index (Phi) is 4.39. The van der Waals surface area contributed by atoms with E-state index >= 15 is 0 Å². The molecule has 1 N–H and O–H groups in total. The predicted molar refractivity (Wildman–Crippen MR) is 81.2 cm³/mol. The number of anilines is 1. The Morgan fingerprint density at radius 1 is 1.48 bits per heavy atom. The Bertz CT molecular complexity index is 724. The van der Waals surface area contributed by atoms with E-state index in [1.807, 2.05) is 0 Å². The van der Waals surface area contributed by atoms with Crippen LogP contribution < -0.4 is 5.43 Å². The molecule has 21 heavy (non-hydrogen) atoms. The number of carbonyl (C=O) groups excluding carboxylic acids is 1. The van der Waals surface area contributed by atoms with Crippen molar-refractivity contribution in [1.29, 1.82) is 0 Å². The Hall–Kier alpha value is -2.61. The fraction of sp³-hybridized carbons (Fsp3) is 0.154. The molecule has 0 aliphatic carbocycles. The molecule has 8 heteroatoms. The summed E-state index contributed by atoms with van der Waals surface area (Å²) >= 11 is 1.19. The monoisotopic (exact) mass is 304 g/mol. The topological polar surface area (TPSA) is 97.5 Å². The van der Waals surface area contributed by atoms with Crippen LogP contribution in [0.4, 0.5) is 10.8 Å². The van der Waals surface area contributed by atoms with E-state index in [9.17, 15) is 14.9 Å². The minimum atomic E-state index is -0.469. The van der Waals surface area contributed by atoms with Crippen LogP contribution in [0.5, 0.6) is 0 Å². The number of aromatic nitrogens is 1. The Labute approximate surface area is 124 Å². The van der Waals surface area contributed by atoms with Gasteiger partial charge in [-0.25, -0.2) is 4.98 Å². The largest absolute Gasteiger partial charge is 0.294 e. The van der Waals surface area contributed by atoms with Gasteiger partial charge in [-0.1, -0.05) is 23.5 Å². The minimum absolute atomic E-state index is 0.0252. The molecule has 0 bridgehead atoms. The standard InChI is InChI=1S/C13H12N4O3S/c1-8-12(9(2)18)21-13(15-8)16-14-7-10-5-3-4-6-11(10)17(19)20/h3-7H,1-2H3,(H,15,16)/b14-7+. The van der Waals surface area contributed by atoms with Crippen molar-refractivity contribution in [3.05, 3.63) is 50.5 Å². The zero-order valence-corrected chi connectivity index (χ0v) is 12.2. The first-order chi connectivity index (χ1) is 9.99. The van der Waals surface area contributed by atoms with Gasteiger partial charge >= 0.3 is 0 Å². The third-order valence-electron chi connectivity index (χ3n) is 2.61. The SMILES string of the molecule is CC(=O)c1sc(N/N=C/c2ccccc2[N+](=O)[O-])nc1C. The summed E-state index contributed by atoms with van der Waals surface area (Å²) in [4.78, 5) is 26.4. The van der Waals surface area contributed by atoms with Crippen LogP contribution >= 0.6 is 11.3 Å². The summed E-state index contributed by atoms with van der Waals surface area (Å²) in [5, 5.41) is 15.2. The van der Waals surface area contributed by atoms with Crippen molar-refractivity contribution in [2.24, 2.45) is 5.10 Å². The second-order valence-electron chi connectivity index (χ2n) is 4.18. The first-order valence-electron chi connectivity index (χ1n) is 6.00. The molecule has 0 saturated heterocycles. The fourth-order valence-corrected chi connectivity index (χ4v) is 2.50. The molecule has 1 aromatic carbocycles. The molecular formula is C13H12N4O3S. The lowest BCUT2D eigenvalue weighted by Crippen LogP contribution is -1.95. The van der Waals surface area contributed by atoms with E-state index in [1.165, 1.54) is 30.5 Å². The number of benzene rings is 1. The predicted octanol–water partition coefficient (Wildman–Crippen LogP) is 3.01. The molecule has 1 aromatic heterocycles. The number of hydrazone groups is 1. The van der Waals surface area contributed by atoms with Gasteiger partial charge in [0.1, 0.15) is 0 Å². The molecule has 0 aliphatic rings.